The predicted octanol–water partition coefficient (Wildman–Crippen LogP) is 2.23. The highest BCUT2D eigenvalue weighted by atomic mass is 79.9. The summed E-state index contributed by atoms with van der Waals surface area (Å²) >= 11 is 3.36. The first-order chi connectivity index (χ1) is 8.72. The van der Waals surface area contributed by atoms with Crippen molar-refractivity contribution in [1.29, 1.82) is 0 Å². The molecule has 0 heterocycles. The number of methoxy groups -OCH3 is 2. The van der Waals surface area contributed by atoms with Gasteiger partial charge in [-0.25, -0.2) is 0 Å². The monoisotopic (exact) mass is 315 g/mol. The van der Waals surface area contributed by atoms with Crippen molar-refractivity contribution >= 4 is 21.8 Å². The van der Waals surface area contributed by atoms with Crippen LogP contribution in [0.5, 0.6) is 5.75 Å². The molecule has 0 aliphatic rings. The largest absolute Gasteiger partial charge is 0.496 e. The minimum absolute atomic E-state index is 0.00760. The fraction of sp³-hybridized carbons (Fsp3) is 0.462. The topological polar surface area (TPSA) is 47.6 Å². The van der Waals surface area contributed by atoms with Gasteiger partial charge in [-0.1, -0.05) is 28.1 Å². The maximum atomic E-state index is 12.1. The Labute approximate surface area is 116 Å². The molecule has 1 amide bonds. The Balaban J connectivity index is 2.73. The minimum Gasteiger partial charge on any atom is -0.496 e. The lowest BCUT2D eigenvalue weighted by molar-refractivity contribution is 0.0892. The molecule has 0 saturated carbocycles. The van der Waals surface area contributed by atoms with Gasteiger partial charge in [-0.15, -0.1) is 0 Å². The van der Waals surface area contributed by atoms with Gasteiger partial charge in [0.2, 0.25) is 0 Å². The van der Waals surface area contributed by atoms with Crippen molar-refractivity contribution < 1.29 is 14.3 Å². The molecule has 1 aromatic carbocycles. The van der Waals surface area contributed by atoms with Crippen molar-refractivity contribution in [3.63, 3.8) is 0 Å². The van der Waals surface area contributed by atoms with Crippen LogP contribution >= 0.6 is 15.9 Å². The van der Waals surface area contributed by atoms with E-state index >= 15 is 0 Å². The molecular weight excluding hydrogens is 298 g/mol. The number of hydrogen-bond acceptors (Lipinski definition) is 3. The molecule has 0 aliphatic carbocycles. The van der Waals surface area contributed by atoms with Crippen LogP contribution in [0.2, 0.25) is 0 Å². The van der Waals surface area contributed by atoms with Crippen molar-refractivity contribution in [2.75, 3.05) is 26.2 Å². The molecule has 0 aromatic heterocycles. The molecule has 1 atom stereocenters. The van der Waals surface area contributed by atoms with Crippen molar-refractivity contribution in [2.45, 2.75) is 12.5 Å². The van der Waals surface area contributed by atoms with Crippen LogP contribution < -0.4 is 10.1 Å². The molecule has 4 nitrogen and oxygen atoms in total. The third kappa shape index (κ3) is 4.31. The summed E-state index contributed by atoms with van der Waals surface area (Å²) in [5, 5.41) is 3.75. The van der Waals surface area contributed by atoms with Gasteiger partial charge in [0, 0.05) is 12.4 Å². The first-order valence-corrected chi connectivity index (χ1v) is 6.83. The Kier molecular flexibility index (Phi) is 6.75. The number of hydrogen-bond donors (Lipinski definition) is 1. The number of amides is 1. The maximum Gasteiger partial charge on any atom is 0.255 e. The molecule has 5 heteroatoms. The fourth-order valence-corrected chi connectivity index (χ4v) is 2.18. The zero-order chi connectivity index (χ0) is 13.4. The quantitative estimate of drug-likeness (QED) is 0.785. The molecule has 0 fully saturated rings. The Bertz CT molecular complexity index is 378. The van der Waals surface area contributed by atoms with Crippen LogP contribution in [0.15, 0.2) is 24.3 Å². The summed E-state index contributed by atoms with van der Waals surface area (Å²) in [5.74, 6) is 0.431. The van der Waals surface area contributed by atoms with E-state index in [2.05, 4.69) is 21.2 Å². The molecular formula is C13H18BrNO3. The van der Waals surface area contributed by atoms with Crippen LogP contribution in [-0.4, -0.2) is 38.1 Å². The van der Waals surface area contributed by atoms with Gasteiger partial charge >= 0.3 is 0 Å². The molecule has 18 heavy (non-hydrogen) atoms. The van der Waals surface area contributed by atoms with Gasteiger partial charge in [0.15, 0.2) is 0 Å². The van der Waals surface area contributed by atoms with Crippen LogP contribution in [0.1, 0.15) is 16.8 Å². The molecule has 1 aromatic rings. The maximum absolute atomic E-state index is 12.1. The molecule has 0 radical (unpaired) electrons. The number of para-hydroxylation sites is 1. The van der Waals surface area contributed by atoms with E-state index in [1.165, 1.54) is 0 Å². The molecule has 1 unspecified atom stereocenters. The summed E-state index contributed by atoms with van der Waals surface area (Å²) in [6, 6.07) is 7.15. The second kappa shape index (κ2) is 8.11. The Morgan fingerprint density at radius 1 is 1.39 bits per heavy atom. The van der Waals surface area contributed by atoms with E-state index in [4.69, 9.17) is 9.47 Å². The highest BCUT2D eigenvalue weighted by Crippen LogP contribution is 2.17. The molecule has 0 bridgehead atoms. The second-order valence-electron chi connectivity index (χ2n) is 3.80. The number of carbonyl (C=O) groups excluding carboxylic acids is 1. The molecule has 1 rings (SSSR count). The summed E-state index contributed by atoms with van der Waals surface area (Å²) in [4.78, 5) is 12.1. The van der Waals surface area contributed by atoms with Gasteiger partial charge in [0.25, 0.3) is 5.91 Å². The number of nitrogens with one attached hydrogen (secondary N) is 1. The van der Waals surface area contributed by atoms with Crippen molar-refractivity contribution in [3.8, 4) is 5.75 Å². The lowest BCUT2D eigenvalue weighted by Crippen LogP contribution is -2.38. The summed E-state index contributed by atoms with van der Waals surface area (Å²) in [6.07, 6.45) is 0.814. The summed E-state index contributed by atoms with van der Waals surface area (Å²) in [6.45, 7) is 0.493. The van der Waals surface area contributed by atoms with Gasteiger partial charge in [-0.3, -0.25) is 4.79 Å². The van der Waals surface area contributed by atoms with Crippen molar-refractivity contribution in [2.24, 2.45) is 0 Å². The highest BCUT2D eigenvalue weighted by molar-refractivity contribution is 9.09. The van der Waals surface area contributed by atoms with E-state index in [9.17, 15) is 4.79 Å². The van der Waals surface area contributed by atoms with Crippen LogP contribution in [0.25, 0.3) is 0 Å². The van der Waals surface area contributed by atoms with E-state index in [0.29, 0.717) is 17.9 Å². The number of rotatable bonds is 7. The van der Waals surface area contributed by atoms with E-state index < -0.39 is 0 Å². The van der Waals surface area contributed by atoms with E-state index in [1.54, 1.807) is 26.4 Å². The summed E-state index contributed by atoms with van der Waals surface area (Å²) in [7, 11) is 3.17. The van der Waals surface area contributed by atoms with Gasteiger partial charge in [-0.05, 0) is 18.6 Å². The van der Waals surface area contributed by atoms with E-state index in [1.807, 2.05) is 12.1 Å². The predicted molar refractivity (Wildman–Crippen MR) is 74.5 cm³/mol. The second-order valence-corrected chi connectivity index (χ2v) is 4.60. The standard InChI is InChI=1S/C13H18BrNO3/c1-17-9-10(7-8-14)15-13(16)11-5-3-4-6-12(11)18-2/h3-6,10H,7-9H2,1-2H3,(H,15,16). The van der Waals surface area contributed by atoms with Gasteiger partial charge in [0.05, 0.1) is 25.3 Å². The molecule has 0 aliphatic heterocycles. The molecule has 0 spiro atoms. The van der Waals surface area contributed by atoms with E-state index in [-0.39, 0.29) is 11.9 Å². The van der Waals surface area contributed by atoms with Gasteiger partial charge in [0.1, 0.15) is 5.75 Å². The third-order valence-electron chi connectivity index (χ3n) is 2.51. The average molecular weight is 316 g/mol. The Morgan fingerprint density at radius 2 is 2.11 bits per heavy atom. The number of alkyl halides is 1. The zero-order valence-electron chi connectivity index (χ0n) is 10.6. The first-order valence-electron chi connectivity index (χ1n) is 5.71. The minimum atomic E-state index is -0.143. The summed E-state index contributed by atoms with van der Waals surface area (Å²) < 4.78 is 10.2. The molecule has 0 saturated heterocycles. The van der Waals surface area contributed by atoms with Crippen molar-refractivity contribution in [1.82, 2.24) is 5.32 Å². The van der Waals surface area contributed by atoms with Gasteiger partial charge < -0.3 is 14.8 Å². The lowest BCUT2D eigenvalue weighted by atomic mass is 10.1. The molecule has 1 N–H and O–H groups in total. The zero-order valence-corrected chi connectivity index (χ0v) is 12.2. The lowest BCUT2D eigenvalue weighted by Gasteiger charge is -2.17. The SMILES string of the molecule is COCC(CCBr)NC(=O)c1ccccc1OC. The van der Waals surface area contributed by atoms with Crippen LogP contribution in [0, 0.1) is 0 Å². The number of ether oxygens (including phenoxy) is 2. The van der Waals surface area contributed by atoms with E-state index in [0.717, 1.165) is 11.8 Å². The third-order valence-corrected chi connectivity index (χ3v) is 2.97. The van der Waals surface area contributed by atoms with Crippen molar-refractivity contribution in [3.05, 3.63) is 29.8 Å². The number of benzene rings is 1. The Hall–Kier alpha value is -1.07. The van der Waals surface area contributed by atoms with Crippen LogP contribution in [0.4, 0.5) is 0 Å². The number of halogens is 1. The van der Waals surface area contributed by atoms with Gasteiger partial charge in [-0.2, -0.15) is 0 Å². The summed E-state index contributed by atoms with van der Waals surface area (Å²) in [5.41, 5.74) is 0.538. The number of carbonyl (C=O) groups is 1. The normalized spacial score (nSPS) is 11.9. The molecule has 100 valence electrons. The Morgan fingerprint density at radius 3 is 2.72 bits per heavy atom. The van der Waals surface area contributed by atoms with Crippen LogP contribution in [0.3, 0.4) is 0 Å². The average Bonchev–Trinajstić information content (AvgIpc) is 2.39. The highest BCUT2D eigenvalue weighted by Gasteiger charge is 2.16. The first kappa shape index (κ1) is 15.0. The van der Waals surface area contributed by atoms with Crippen LogP contribution in [-0.2, 0) is 4.74 Å². The smallest absolute Gasteiger partial charge is 0.255 e. The fourth-order valence-electron chi connectivity index (χ4n) is 1.63.